The molecule has 0 unspecified atom stereocenters. The highest BCUT2D eigenvalue weighted by Crippen LogP contribution is 2.16. The summed E-state index contributed by atoms with van der Waals surface area (Å²) < 4.78 is 0. The number of aliphatic hydroxyl groups is 1. The summed E-state index contributed by atoms with van der Waals surface area (Å²) in [7, 11) is 0. The fourth-order valence-electron chi connectivity index (χ4n) is 1.54. The predicted molar refractivity (Wildman–Crippen MR) is 64.7 cm³/mol. The highest BCUT2D eigenvalue weighted by Gasteiger charge is 2.14. The average molecular weight is 204 g/mol. The van der Waals surface area contributed by atoms with E-state index in [9.17, 15) is 5.11 Å². The summed E-state index contributed by atoms with van der Waals surface area (Å²) in [5.74, 6) is 0.189. The summed E-state index contributed by atoms with van der Waals surface area (Å²) in [6, 6.07) is 10.3. The van der Waals surface area contributed by atoms with E-state index in [1.165, 1.54) is 5.56 Å². The minimum absolute atomic E-state index is 0.189. The zero-order valence-corrected chi connectivity index (χ0v) is 9.61. The molecule has 0 fully saturated rings. The van der Waals surface area contributed by atoms with Crippen LogP contribution in [0.2, 0.25) is 0 Å². The molecule has 0 heterocycles. The van der Waals surface area contributed by atoms with Crippen molar-refractivity contribution in [1.29, 1.82) is 0 Å². The Morgan fingerprint density at radius 1 is 1.33 bits per heavy atom. The van der Waals surface area contributed by atoms with Crippen molar-refractivity contribution in [1.82, 2.24) is 0 Å². The first kappa shape index (κ1) is 12.0. The number of rotatable bonds is 5. The Balaban J connectivity index is 2.41. The summed E-state index contributed by atoms with van der Waals surface area (Å²) in [6.45, 7) is 7.87. The molecule has 1 nitrogen and oxygen atoms in total. The van der Waals surface area contributed by atoms with Gasteiger partial charge in [-0.2, -0.15) is 0 Å². The lowest BCUT2D eigenvalue weighted by Crippen LogP contribution is -2.18. The first-order valence-corrected chi connectivity index (χ1v) is 5.48. The minimum Gasteiger partial charge on any atom is -0.393 e. The SMILES string of the molecule is C=C(C)[C@@H](C)[C@@H](O)CCc1ccccc1. The normalized spacial score (nSPS) is 14.6. The van der Waals surface area contributed by atoms with E-state index >= 15 is 0 Å². The Kier molecular flexibility index (Phi) is 4.57. The number of aryl methyl sites for hydroxylation is 1. The van der Waals surface area contributed by atoms with Crippen molar-refractivity contribution in [3.8, 4) is 0 Å². The zero-order valence-electron chi connectivity index (χ0n) is 9.61. The molecule has 2 atom stereocenters. The van der Waals surface area contributed by atoms with Crippen LogP contribution < -0.4 is 0 Å². The van der Waals surface area contributed by atoms with Crippen molar-refractivity contribution in [2.45, 2.75) is 32.8 Å². The molecule has 0 saturated carbocycles. The molecule has 1 aromatic rings. The third-order valence-electron chi connectivity index (χ3n) is 2.93. The molecular formula is C14H20O. The second-order valence-electron chi connectivity index (χ2n) is 4.23. The Bertz CT molecular complexity index is 302. The summed E-state index contributed by atoms with van der Waals surface area (Å²) in [5.41, 5.74) is 2.33. The molecule has 82 valence electrons. The fraction of sp³-hybridized carbons (Fsp3) is 0.429. The highest BCUT2D eigenvalue weighted by atomic mass is 16.3. The third-order valence-corrected chi connectivity index (χ3v) is 2.93. The molecule has 1 aromatic carbocycles. The van der Waals surface area contributed by atoms with Gasteiger partial charge in [0.1, 0.15) is 0 Å². The molecular weight excluding hydrogens is 184 g/mol. The standard InChI is InChI=1S/C14H20O/c1-11(2)12(3)14(15)10-9-13-7-5-4-6-8-13/h4-8,12,14-15H,1,9-10H2,2-3H3/t12-,14+/m1/s1. The van der Waals surface area contributed by atoms with Crippen LogP contribution in [0.25, 0.3) is 0 Å². The second kappa shape index (κ2) is 5.72. The molecule has 0 radical (unpaired) electrons. The molecule has 0 aliphatic heterocycles. The van der Waals surface area contributed by atoms with Gasteiger partial charge in [0.05, 0.1) is 6.10 Å². The number of benzene rings is 1. The highest BCUT2D eigenvalue weighted by molar-refractivity contribution is 5.14. The van der Waals surface area contributed by atoms with Crippen molar-refractivity contribution in [3.05, 3.63) is 48.0 Å². The predicted octanol–water partition coefficient (Wildman–Crippen LogP) is 3.19. The average Bonchev–Trinajstić information content (AvgIpc) is 2.26. The van der Waals surface area contributed by atoms with Crippen LogP contribution in [0.4, 0.5) is 0 Å². The quantitative estimate of drug-likeness (QED) is 0.730. The summed E-state index contributed by atoms with van der Waals surface area (Å²) >= 11 is 0. The van der Waals surface area contributed by atoms with Gasteiger partial charge in [0.25, 0.3) is 0 Å². The molecule has 0 spiro atoms. The Labute approximate surface area is 92.5 Å². The van der Waals surface area contributed by atoms with Gasteiger partial charge in [-0.1, -0.05) is 49.4 Å². The van der Waals surface area contributed by atoms with Gasteiger partial charge in [-0.05, 0) is 25.3 Å². The first-order chi connectivity index (χ1) is 7.11. The van der Waals surface area contributed by atoms with E-state index in [2.05, 4.69) is 18.7 Å². The van der Waals surface area contributed by atoms with Crippen LogP contribution in [0.5, 0.6) is 0 Å². The topological polar surface area (TPSA) is 20.2 Å². The molecule has 0 aromatic heterocycles. The van der Waals surface area contributed by atoms with E-state index in [1.807, 2.05) is 32.0 Å². The first-order valence-electron chi connectivity index (χ1n) is 5.48. The van der Waals surface area contributed by atoms with E-state index in [4.69, 9.17) is 0 Å². The van der Waals surface area contributed by atoms with Crippen molar-refractivity contribution < 1.29 is 5.11 Å². The maximum atomic E-state index is 9.89. The Morgan fingerprint density at radius 3 is 2.47 bits per heavy atom. The van der Waals surface area contributed by atoms with Crippen molar-refractivity contribution in [2.24, 2.45) is 5.92 Å². The Morgan fingerprint density at radius 2 is 1.93 bits per heavy atom. The van der Waals surface area contributed by atoms with Crippen LogP contribution >= 0.6 is 0 Å². The maximum Gasteiger partial charge on any atom is 0.0605 e. The van der Waals surface area contributed by atoms with Crippen molar-refractivity contribution in [2.75, 3.05) is 0 Å². The van der Waals surface area contributed by atoms with Crippen LogP contribution in [0.3, 0.4) is 0 Å². The van der Waals surface area contributed by atoms with Crippen LogP contribution in [0.15, 0.2) is 42.5 Å². The van der Waals surface area contributed by atoms with Crippen LogP contribution in [0.1, 0.15) is 25.8 Å². The second-order valence-corrected chi connectivity index (χ2v) is 4.23. The monoisotopic (exact) mass is 204 g/mol. The minimum atomic E-state index is -0.275. The molecule has 15 heavy (non-hydrogen) atoms. The lowest BCUT2D eigenvalue weighted by molar-refractivity contribution is 0.124. The van der Waals surface area contributed by atoms with Gasteiger partial charge >= 0.3 is 0 Å². The van der Waals surface area contributed by atoms with Crippen molar-refractivity contribution in [3.63, 3.8) is 0 Å². The van der Waals surface area contributed by atoms with Crippen molar-refractivity contribution >= 4 is 0 Å². The van der Waals surface area contributed by atoms with Gasteiger partial charge < -0.3 is 5.11 Å². The number of hydrogen-bond donors (Lipinski definition) is 1. The largest absolute Gasteiger partial charge is 0.393 e. The molecule has 0 aliphatic carbocycles. The van der Waals surface area contributed by atoms with E-state index < -0.39 is 0 Å². The Hall–Kier alpha value is -1.08. The summed E-state index contributed by atoms with van der Waals surface area (Å²) in [6.07, 6.45) is 1.46. The van der Waals surface area contributed by atoms with Gasteiger partial charge in [0.2, 0.25) is 0 Å². The van der Waals surface area contributed by atoms with E-state index in [0.29, 0.717) is 0 Å². The third kappa shape index (κ3) is 3.88. The van der Waals surface area contributed by atoms with Crippen LogP contribution in [-0.4, -0.2) is 11.2 Å². The molecule has 0 aliphatic rings. The van der Waals surface area contributed by atoms with Gasteiger partial charge in [0.15, 0.2) is 0 Å². The molecule has 1 heteroatoms. The van der Waals surface area contributed by atoms with Crippen LogP contribution in [0, 0.1) is 5.92 Å². The maximum absolute atomic E-state index is 9.89. The zero-order chi connectivity index (χ0) is 11.3. The van der Waals surface area contributed by atoms with Gasteiger partial charge in [0, 0.05) is 5.92 Å². The van der Waals surface area contributed by atoms with E-state index in [1.54, 1.807) is 0 Å². The molecule has 1 rings (SSSR count). The molecule has 0 saturated heterocycles. The van der Waals surface area contributed by atoms with E-state index in [0.717, 1.165) is 18.4 Å². The lowest BCUT2D eigenvalue weighted by atomic mass is 9.93. The summed E-state index contributed by atoms with van der Waals surface area (Å²) in [4.78, 5) is 0. The molecule has 1 N–H and O–H groups in total. The van der Waals surface area contributed by atoms with E-state index in [-0.39, 0.29) is 12.0 Å². The number of aliphatic hydroxyl groups excluding tert-OH is 1. The molecule has 0 amide bonds. The van der Waals surface area contributed by atoms with Gasteiger partial charge in [-0.25, -0.2) is 0 Å². The molecule has 0 bridgehead atoms. The smallest absolute Gasteiger partial charge is 0.0605 e. The summed E-state index contributed by atoms with van der Waals surface area (Å²) in [5, 5.41) is 9.89. The fourth-order valence-corrected chi connectivity index (χ4v) is 1.54. The van der Waals surface area contributed by atoms with Gasteiger partial charge in [-0.15, -0.1) is 0 Å². The lowest BCUT2D eigenvalue weighted by Gasteiger charge is -2.18. The number of hydrogen-bond acceptors (Lipinski definition) is 1. The van der Waals surface area contributed by atoms with Crippen LogP contribution in [-0.2, 0) is 6.42 Å². The van der Waals surface area contributed by atoms with Gasteiger partial charge in [-0.3, -0.25) is 0 Å².